The first-order chi connectivity index (χ1) is 14.0. The van der Waals surface area contributed by atoms with E-state index in [1.54, 1.807) is 29.5 Å². The van der Waals surface area contributed by atoms with E-state index in [1.807, 2.05) is 50.2 Å². The molecule has 0 aliphatic rings. The van der Waals surface area contributed by atoms with Gasteiger partial charge in [-0.3, -0.25) is 9.78 Å². The Kier molecular flexibility index (Phi) is 5.26. The fourth-order valence-electron chi connectivity index (χ4n) is 2.91. The number of nitrogens with zero attached hydrogens (tertiary/aromatic N) is 4. The summed E-state index contributed by atoms with van der Waals surface area (Å²) in [7, 11) is 1.72. The Bertz CT molecular complexity index is 1140. The van der Waals surface area contributed by atoms with Crippen molar-refractivity contribution in [2.75, 3.05) is 7.05 Å². The Hall–Kier alpha value is -3.26. The van der Waals surface area contributed by atoms with Gasteiger partial charge in [-0.05, 0) is 38.1 Å². The average molecular weight is 408 g/mol. The molecule has 29 heavy (non-hydrogen) atoms. The molecule has 0 saturated carbocycles. The van der Waals surface area contributed by atoms with E-state index < -0.39 is 0 Å². The number of carbonyl (C=O) groups is 1. The zero-order valence-electron chi connectivity index (χ0n) is 16.3. The fraction of sp³-hybridized carbons (Fsp3) is 0.238. The largest absolute Gasteiger partial charge is 0.484 e. The molecule has 1 aromatic carbocycles. The molecule has 0 radical (unpaired) electrons. The van der Waals surface area contributed by atoms with Crippen molar-refractivity contribution in [3.05, 3.63) is 71.1 Å². The monoisotopic (exact) mass is 408 g/mol. The zero-order valence-corrected chi connectivity index (χ0v) is 17.1. The van der Waals surface area contributed by atoms with Crippen LogP contribution in [0.2, 0.25) is 0 Å². The minimum atomic E-state index is -0.238. The van der Waals surface area contributed by atoms with Crippen LogP contribution in [0.25, 0.3) is 10.2 Å². The number of carbonyl (C=O) groups excluding carboxylic acids is 1. The number of aromatic nitrogens is 3. The maximum atomic E-state index is 12.7. The van der Waals surface area contributed by atoms with E-state index >= 15 is 0 Å². The van der Waals surface area contributed by atoms with Gasteiger partial charge in [-0.2, -0.15) is 0 Å². The van der Waals surface area contributed by atoms with Crippen LogP contribution in [0.1, 0.15) is 40.0 Å². The van der Waals surface area contributed by atoms with Crippen molar-refractivity contribution in [3.8, 4) is 5.75 Å². The molecule has 1 atom stereocenters. The van der Waals surface area contributed by atoms with E-state index in [4.69, 9.17) is 9.15 Å². The molecule has 148 valence electrons. The lowest BCUT2D eigenvalue weighted by Gasteiger charge is -2.23. The molecule has 0 unspecified atom stereocenters. The highest BCUT2D eigenvalue weighted by Crippen LogP contribution is 2.26. The molecule has 3 heterocycles. The Morgan fingerprint density at radius 2 is 2.14 bits per heavy atom. The number of oxazole rings is 1. The summed E-state index contributed by atoms with van der Waals surface area (Å²) in [5, 5.41) is 1.01. The van der Waals surface area contributed by atoms with Gasteiger partial charge >= 0.3 is 0 Å². The molecule has 0 aliphatic heterocycles. The molecule has 0 saturated heterocycles. The summed E-state index contributed by atoms with van der Waals surface area (Å²) >= 11 is 1.64. The number of pyridine rings is 1. The zero-order chi connectivity index (χ0) is 20.4. The van der Waals surface area contributed by atoms with Crippen LogP contribution in [-0.4, -0.2) is 32.8 Å². The lowest BCUT2D eigenvalue weighted by Crippen LogP contribution is -2.30. The molecular formula is C21H20N4O3S. The molecule has 4 rings (SSSR count). The van der Waals surface area contributed by atoms with Crippen molar-refractivity contribution in [1.29, 1.82) is 0 Å². The molecule has 0 spiro atoms. The van der Waals surface area contributed by atoms with Gasteiger partial charge < -0.3 is 14.1 Å². The van der Waals surface area contributed by atoms with Crippen LogP contribution >= 0.6 is 11.3 Å². The van der Waals surface area contributed by atoms with Gasteiger partial charge in [0.1, 0.15) is 12.0 Å². The second-order valence-electron chi connectivity index (χ2n) is 6.62. The summed E-state index contributed by atoms with van der Waals surface area (Å²) in [4.78, 5) is 27.3. The van der Waals surface area contributed by atoms with E-state index in [0.29, 0.717) is 11.6 Å². The first-order valence-electron chi connectivity index (χ1n) is 9.14. The molecule has 7 nitrogen and oxygen atoms in total. The number of thiazole rings is 1. The van der Waals surface area contributed by atoms with Crippen molar-refractivity contribution in [1.82, 2.24) is 19.9 Å². The van der Waals surface area contributed by atoms with Crippen LogP contribution in [0.5, 0.6) is 5.75 Å². The van der Waals surface area contributed by atoms with E-state index in [1.165, 1.54) is 6.26 Å². The van der Waals surface area contributed by atoms with Crippen LogP contribution < -0.4 is 4.74 Å². The summed E-state index contributed by atoms with van der Waals surface area (Å²) in [5.74, 6) is 0.772. The number of aryl methyl sites for hydroxylation is 1. The van der Waals surface area contributed by atoms with Crippen LogP contribution in [0, 0.1) is 6.92 Å². The quantitative estimate of drug-likeness (QED) is 0.470. The first kappa shape index (κ1) is 19.1. The summed E-state index contributed by atoms with van der Waals surface area (Å²) < 4.78 is 12.3. The van der Waals surface area contributed by atoms with Gasteiger partial charge in [-0.1, -0.05) is 6.07 Å². The Morgan fingerprint density at radius 1 is 1.28 bits per heavy atom. The molecular weight excluding hydrogens is 388 g/mol. The van der Waals surface area contributed by atoms with Gasteiger partial charge in [0.2, 0.25) is 5.89 Å². The third kappa shape index (κ3) is 4.12. The molecule has 1 amide bonds. The van der Waals surface area contributed by atoms with Crippen LogP contribution in [-0.2, 0) is 6.61 Å². The van der Waals surface area contributed by atoms with Gasteiger partial charge in [0.15, 0.2) is 12.3 Å². The molecule has 0 fully saturated rings. The SMILES string of the molecule is Cc1nc2cc(OCc3nc(C(=O)N(C)[C@@H](C)c4ccccn4)co3)ccc2s1. The Morgan fingerprint density at radius 3 is 2.93 bits per heavy atom. The van der Waals surface area contributed by atoms with Crippen molar-refractivity contribution in [2.45, 2.75) is 26.5 Å². The third-order valence-electron chi connectivity index (χ3n) is 4.62. The fourth-order valence-corrected chi connectivity index (χ4v) is 3.72. The van der Waals surface area contributed by atoms with Crippen molar-refractivity contribution in [2.24, 2.45) is 0 Å². The minimum absolute atomic E-state index is 0.126. The van der Waals surface area contributed by atoms with E-state index in [-0.39, 0.29) is 24.2 Å². The van der Waals surface area contributed by atoms with Crippen LogP contribution in [0.3, 0.4) is 0 Å². The maximum Gasteiger partial charge on any atom is 0.276 e. The first-order valence-corrected chi connectivity index (χ1v) is 9.95. The van der Waals surface area contributed by atoms with Gasteiger partial charge in [0.05, 0.1) is 27.0 Å². The number of hydrogen-bond donors (Lipinski definition) is 0. The number of ether oxygens (including phenoxy) is 1. The van der Waals surface area contributed by atoms with Crippen LogP contribution in [0.15, 0.2) is 53.3 Å². The molecule has 0 N–H and O–H groups in total. The topological polar surface area (TPSA) is 81.4 Å². The predicted molar refractivity (Wildman–Crippen MR) is 110 cm³/mol. The smallest absolute Gasteiger partial charge is 0.276 e. The minimum Gasteiger partial charge on any atom is -0.484 e. The highest BCUT2D eigenvalue weighted by atomic mass is 32.1. The number of fused-ring (bicyclic) bond motifs is 1. The number of benzene rings is 1. The molecule has 4 aromatic rings. The summed E-state index contributed by atoms with van der Waals surface area (Å²) in [6.07, 6.45) is 3.07. The van der Waals surface area contributed by atoms with E-state index in [9.17, 15) is 4.79 Å². The highest BCUT2D eigenvalue weighted by molar-refractivity contribution is 7.18. The lowest BCUT2D eigenvalue weighted by atomic mass is 10.2. The van der Waals surface area contributed by atoms with Crippen molar-refractivity contribution < 1.29 is 13.9 Å². The van der Waals surface area contributed by atoms with E-state index in [0.717, 1.165) is 20.9 Å². The van der Waals surface area contributed by atoms with Gasteiger partial charge in [-0.25, -0.2) is 9.97 Å². The summed E-state index contributed by atoms with van der Waals surface area (Å²) in [6.45, 7) is 4.02. The molecule has 0 aliphatic carbocycles. The molecule has 3 aromatic heterocycles. The molecule has 8 heteroatoms. The second kappa shape index (κ2) is 8.00. The summed E-state index contributed by atoms with van der Waals surface area (Å²) in [6, 6.07) is 11.2. The number of hydrogen-bond acceptors (Lipinski definition) is 7. The predicted octanol–water partition coefficient (Wildman–Crippen LogP) is 4.40. The normalized spacial score (nSPS) is 12.1. The third-order valence-corrected chi connectivity index (χ3v) is 5.57. The lowest BCUT2D eigenvalue weighted by molar-refractivity contribution is 0.0733. The van der Waals surface area contributed by atoms with Gasteiger partial charge in [0, 0.05) is 19.3 Å². The van der Waals surface area contributed by atoms with Gasteiger partial charge in [0.25, 0.3) is 5.91 Å². The van der Waals surface area contributed by atoms with E-state index in [2.05, 4.69) is 15.0 Å². The molecule has 0 bridgehead atoms. The Labute approximate surface area is 172 Å². The Balaban J connectivity index is 1.41. The maximum absolute atomic E-state index is 12.7. The summed E-state index contributed by atoms with van der Waals surface area (Å²) in [5.41, 5.74) is 1.95. The average Bonchev–Trinajstić information content (AvgIpc) is 3.36. The van der Waals surface area contributed by atoms with Crippen molar-refractivity contribution >= 4 is 27.5 Å². The standard InChI is InChI=1S/C21H20N4O3S/c1-13(16-6-4-5-9-22-16)25(3)21(26)18-11-28-20(24-18)12-27-15-7-8-19-17(10-15)23-14(2)29-19/h4-11,13H,12H2,1-3H3/t13-/m0/s1. The van der Waals surface area contributed by atoms with Gasteiger partial charge in [-0.15, -0.1) is 11.3 Å². The second-order valence-corrected chi connectivity index (χ2v) is 7.86. The van der Waals surface area contributed by atoms with Crippen LogP contribution in [0.4, 0.5) is 0 Å². The van der Waals surface area contributed by atoms with Crippen molar-refractivity contribution in [3.63, 3.8) is 0 Å². The number of rotatable bonds is 6. The number of amides is 1. The highest BCUT2D eigenvalue weighted by Gasteiger charge is 2.22.